The summed E-state index contributed by atoms with van der Waals surface area (Å²) in [5.74, 6) is 2.55. The van der Waals surface area contributed by atoms with Crippen LogP contribution in [0.3, 0.4) is 0 Å². The van der Waals surface area contributed by atoms with Crippen molar-refractivity contribution in [2.45, 2.75) is 64.3 Å². The van der Waals surface area contributed by atoms with Crippen molar-refractivity contribution in [3.63, 3.8) is 0 Å². The average molecular weight is 312 g/mol. The van der Waals surface area contributed by atoms with Crippen LogP contribution in [-0.2, 0) is 0 Å². The largest absolute Gasteiger partial charge is 0.367 e. The number of anilines is 1. The Morgan fingerprint density at radius 2 is 2.17 bits per heavy atom. The van der Waals surface area contributed by atoms with Crippen LogP contribution in [0.4, 0.5) is 5.82 Å². The summed E-state index contributed by atoms with van der Waals surface area (Å²) < 4.78 is 0.891. The van der Waals surface area contributed by atoms with E-state index in [1.807, 2.05) is 6.07 Å². The highest BCUT2D eigenvalue weighted by Crippen LogP contribution is 2.38. The molecule has 1 N–H and O–H groups in total. The van der Waals surface area contributed by atoms with E-state index in [1.54, 1.807) is 0 Å². The molecule has 1 aromatic heterocycles. The first-order chi connectivity index (χ1) is 8.69. The van der Waals surface area contributed by atoms with Gasteiger partial charge in [0.15, 0.2) is 0 Å². The lowest BCUT2D eigenvalue weighted by Crippen LogP contribution is -2.16. The summed E-state index contributed by atoms with van der Waals surface area (Å²) in [6, 6.07) is 2.45. The van der Waals surface area contributed by atoms with E-state index in [9.17, 15) is 0 Å². The van der Waals surface area contributed by atoms with Gasteiger partial charge in [-0.15, -0.1) is 0 Å². The first-order valence-electron chi connectivity index (χ1n) is 7.00. The molecule has 1 heterocycles. The second-order valence-corrected chi connectivity index (χ2v) is 6.06. The van der Waals surface area contributed by atoms with Crippen molar-refractivity contribution < 1.29 is 0 Å². The predicted octanol–water partition coefficient (Wildman–Crippen LogP) is 4.50. The molecule has 100 valence electrons. The van der Waals surface area contributed by atoms with Crippen LogP contribution in [0.25, 0.3) is 0 Å². The van der Waals surface area contributed by atoms with Gasteiger partial charge in [0.1, 0.15) is 16.2 Å². The topological polar surface area (TPSA) is 37.8 Å². The Bertz CT molecular complexity index is 391. The van der Waals surface area contributed by atoms with E-state index in [-0.39, 0.29) is 0 Å². The Hall–Kier alpha value is -0.640. The second kappa shape index (κ2) is 6.50. The van der Waals surface area contributed by atoms with E-state index in [0.717, 1.165) is 16.2 Å². The monoisotopic (exact) mass is 311 g/mol. The van der Waals surface area contributed by atoms with Gasteiger partial charge in [-0.05, 0) is 42.1 Å². The third kappa shape index (κ3) is 4.23. The molecule has 0 aromatic carbocycles. The number of halogens is 1. The van der Waals surface area contributed by atoms with Crippen molar-refractivity contribution in [2.24, 2.45) is 0 Å². The van der Waals surface area contributed by atoms with Crippen LogP contribution in [0.1, 0.15) is 64.1 Å². The zero-order chi connectivity index (χ0) is 13.0. The van der Waals surface area contributed by atoms with E-state index in [0.29, 0.717) is 12.0 Å². The molecule has 1 aliphatic carbocycles. The van der Waals surface area contributed by atoms with E-state index in [4.69, 9.17) is 0 Å². The summed E-state index contributed by atoms with van der Waals surface area (Å²) in [5, 5.41) is 3.48. The van der Waals surface area contributed by atoms with Gasteiger partial charge in [0, 0.05) is 18.0 Å². The molecule has 1 atom stereocenters. The highest BCUT2D eigenvalue weighted by atomic mass is 79.9. The molecule has 1 saturated carbocycles. The van der Waals surface area contributed by atoms with Crippen LogP contribution < -0.4 is 5.32 Å². The summed E-state index contributed by atoms with van der Waals surface area (Å²) in [6.45, 7) is 4.46. The smallest absolute Gasteiger partial charge is 0.135 e. The van der Waals surface area contributed by atoms with Crippen LogP contribution in [0.5, 0.6) is 0 Å². The van der Waals surface area contributed by atoms with Crippen LogP contribution in [0.15, 0.2) is 10.7 Å². The Kier molecular flexibility index (Phi) is 4.98. The molecule has 1 aromatic rings. The Morgan fingerprint density at radius 3 is 2.83 bits per heavy atom. The highest BCUT2D eigenvalue weighted by Gasteiger charge is 2.27. The van der Waals surface area contributed by atoms with Crippen LogP contribution >= 0.6 is 15.9 Å². The first kappa shape index (κ1) is 13.8. The summed E-state index contributed by atoms with van der Waals surface area (Å²) in [6.07, 6.45) is 7.55. The van der Waals surface area contributed by atoms with Gasteiger partial charge >= 0.3 is 0 Å². The summed E-state index contributed by atoms with van der Waals surface area (Å²) >= 11 is 3.47. The minimum atomic E-state index is 0.477. The van der Waals surface area contributed by atoms with Crippen LogP contribution in [-0.4, -0.2) is 16.0 Å². The van der Waals surface area contributed by atoms with E-state index in [2.05, 4.69) is 45.1 Å². The van der Waals surface area contributed by atoms with Crippen molar-refractivity contribution in [1.29, 1.82) is 0 Å². The minimum absolute atomic E-state index is 0.477. The van der Waals surface area contributed by atoms with Gasteiger partial charge in [-0.2, -0.15) is 0 Å². The SMILES string of the molecule is CCCCCC(C)Nc1cc(Br)nc(C2CC2)n1. The summed E-state index contributed by atoms with van der Waals surface area (Å²) in [4.78, 5) is 9.06. The van der Waals surface area contributed by atoms with E-state index < -0.39 is 0 Å². The molecule has 0 radical (unpaired) electrons. The zero-order valence-corrected chi connectivity index (χ0v) is 12.8. The highest BCUT2D eigenvalue weighted by molar-refractivity contribution is 9.10. The second-order valence-electron chi connectivity index (χ2n) is 5.25. The zero-order valence-electron chi connectivity index (χ0n) is 11.2. The van der Waals surface area contributed by atoms with Gasteiger partial charge in [-0.25, -0.2) is 9.97 Å². The molecule has 0 amide bonds. The number of nitrogens with zero attached hydrogens (tertiary/aromatic N) is 2. The normalized spacial score (nSPS) is 16.6. The minimum Gasteiger partial charge on any atom is -0.367 e. The lowest BCUT2D eigenvalue weighted by atomic mass is 10.1. The van der Waals surface area contributed by atoms with Crippen molar-refractivity contribution >= 4 is 21.7 Å². The fourth-order valence-electron chi connectivity index (χ4n) is 2.06. The fraction of sp³-hybridized carbons (Fsp3) is 0.714. The van der Waals surface area contributed by atoms with Crippen LogP contribution in [0, 0.1) is 0 Å². The lowest BCUT2D eigenvalue weighted by molar-refractivity contribution is 0.613. The molecule has 0 spiro atoms. The van der Waals surface area contributed by atoms with Gasteiger partial charge in [-0.3, -0.25) is 0 Å². The summed E-state index contributed by atoms with van der Waals surface area (Å²) in [5.41, 5.74) is 0. The maximum absolute atomic E-state index is 4.61. The third-order valence-electron chi connectivity index (χ3n) is 3.29. The standard InChI is InChI=1S/C14H22BrN3/c1-3-4-5-6-10(2)16-13-9-12(15)17-14(18-13)11-7-8-11/h9-11H,3-8H2,1-2H3,(H,16,17,18). The van der Waals surface area contributed by atoms with Crippen molar-refractivity contribution in [3.8, 4) is 0 Å². The number of hydrogen-bond donors (Lipinski definition) is 1. The molecule has 1 unspecified atom stereocenters. The Balaban J connectivity index is 1.91. The Labute approximate surface area is 118 Å². The number of hydrogen-bond acceptors (Lipinski definition) is 3. The third-order valence-corrected chi connectivity index (χ3v) is 3.70. The van der Waals surface area contributed by atoms with Crippen molar-refractivity contribution in [3.05, 3.63) is 16.5 Å². The molecular formula is C14H22BrN3. The quantitative estimate of drug-likeness (QED) is 0.595. The molecule has 0 aliphatic heterocycles. The molecule has 0 bridgehead atoms. The molecule has 1 aliphatic rings. The maximum atomic E-state index is 4.61. The van der Waals surface area contributed by atoms with Gasteiger partial charge in [0.2, 0.25) is 0 Å². The lowest BCUT2D eigenvalue weighted by Gasteiger charge is -2.15. The fourth-order valence-corrected chi connectivity index (χ4v) is 2.46. The predicted molar refractivity (Wildman–Crippen MR) is 78.9 cm³/mol. The van der Waals surface area contributed by atoms with Crippen LogP contribution in [0.2, 0.25) is 0 Å². The Morgan fingerprint density at radius 1 is 1.39 bits per heavy atom. The average Bonchev–Trinajstić information content (AvgIpc) is 3.12. The number of unbranched alkanes of at least 4 members (excludes halogenated alkanes) is 2. The van der Waals surface area contributed by atoms with Gasteiger partial charge < -0.3 is 5.32 Å². The van der Waals surface area contributed by atoms with Crippen molar-refractivity contribution in [2.75, 3.05) is 5.32 Å². The van der Waals surface area contributed by atoms with E-state index in [1.165, 1.54) is 38.5 Å². The first-order valence-corrected chi connectivity index (χ1v) is 7.79. The van der Waals surface area contributed by atoms with E-state index >= 15 is 0 Å². The molecule has 3 nitrogen and oxygen atoms in total. The molecule has 18 heavy (non-hydrogen) atoms. The molecule has 1 fully saturated rings. The van der Waals surface area contributed by atoms with Crippen molar-refractivity contribution in [1.82, 2.24) is 9.97 Å². The number of nitrogens with one attached hydrogen (secondary N) is 1. The molecular weight excluding hydrogens is 290 g/mol. The van der Waals surface area contributed by atoms with Gasteiger partial charge in [0.05, 0.1) is 0 Å². The maximum Gasteiger partial charge on any atom is 0.135 e. The molecule has 4 heteroatoms. The summed E-state index contributed by atoms with van der Waals surface area (Å²) in [7, 11) is 0. The van der Waals surface area contributed by atoms with Gasteiger partial charge in [-0.1, -0.05) is 26.2 Å². The van der Waals surface area contributed by atoms with Gasteiger partial charge in [0.25, 0.3) is 0 Å². The number of aromatic nitrogens is 2. The number of rotatable bonds is 7. The molecule has 2 rings (SSSR count). The molecule has 0 saturated heterocycles.